The number of carbonyl (C=O) groups is 3. The summed E-state index contributed by atoms with van der Waals surface area (Å²) in [4.78, 5) is 37.9. The summed E-state index contributed by atoms with van der Waals surface area (Å²) in [5.41, 5.74) is 0. The third kappa shape index (κ3) is 47.5. The van der Waals surface area contributed by atoms with Crippen molar-refractivity contribution in [2.75, 3.05) is 13.2 Å². The summed E-state index contributed by atoms with van der Waals surface area (Å²) in [5, 5.41) is 0. The van der Waals surface area contributed by atoms with Crippen LogP contribution in [0.25, 0.3) is 0 Å². The Kier molecular flexibility index (Phi) is 45.7. The Hall–Kier alpha value is -1.59. The van der Waals surface area contributed by atoms with Crippen molar-refractivity contribution in [1.29, 1.82) is 0 Å². The molecule has 0 fully saturated rings. The second kappa shape index (κ2) is 46.9. The van der Waals surface area contributed by atoms with Crippen molar-refractivity contribution < 1.29 is 28.6 Å². The van der Waals surface area contributed by atoms with Crippen LogP contribution in [0.3, 0.4) is 0 Å². The lowest BCUT2D eigenvalue weighted by Crippen LogP contribution is -2.30. The lowest BCUT2D eigenvalue weighted by atomic mass is 10.0. The Morgan fingerprint density at radius 1 is 0.317 bits per heavy atom. The van der Waals surface area contributed by atoms with E-state index in [0.717, 1.165) is 69.6 Å². The molecular formula is C54H104O6. The van der Waals surface area contributed by atoms with Crippen LogP contribution in [-0.2, 0) is 28.6 Å². The van der Waals surface area contributed by atoms with Gasteiger partial charge in [0.1, 0.15) is 13.2 Å². The largest absolute Gasteiger partial charge is 0.462 e. The minimum atomic E-state index is -0.762. The first kappa shape index (κ1) is 58.4. The highest BCUT2D eigenvalue weighted by atomic mass is 16.6. The average molecular weight is 849 g/mol. The van der Waals surface area contributed by atoms with Crippen LogP contribution in [0.1, 0.15) is 298 Å². The number of unbranched alkanes of at least 4 members (excludes halogenated alkanes) is 33. The van der Waals surface area contributed by atoms with E-state index in [2.05, 4.69) is 34.6 Å². The molecule has 0 aromatic heterocycles. The molecule has 0 amide bonds. The van der Waals surface area contributed by atoms with E-state index in [4.69, 9.17) is 14.2 Å². The van der Waals surface area contributed by atoms with Crippen LogP contribution in [0, 0.1) is 11.8 Å². The van der Waals surface area contributed by atoms with E-state index < -0.39 is 6.10 Å². The molecule has 0 rings (SSSR count). The summed E-state index contributed by atoms with van der Waals surface area (Å²) < 4.78 is 16.8. The highest BCUT2D eigenvalue weighted by molar-refractivity contribution is 5.71. The number of hydrogen-bond acceptors (Lipinski definition) is 6. The molecule has 0 saturated heterocycles. The lowest BCUT2D eigenvalue weighted by molar-refractivity contribution is -0.167. The van der Waals surface area contributed by atoms with Crippen molar-refractivity contribution in [2.24, 2.45) is 11.8 Å². The standard InChI is InChI=1S/C54H104O6/c1-6-7-8-9-10-11-12-13-14-15-16-17-18-21-24-29-34-39-44-52(55)58-47-51(60-54(57)46-41-36-31-26-28-33-38-43-50(4)5)48-59-53(56)45-40-35-30-25-22-19-20-23-27-32-37-42-49(2)3/h49-51H,6-48H2,1-5H3/t51-/m1/s1. The predicted molar refractivity (Wildman–Crippen MR) is 256 cm³/mol. The summed E-state index contributed by atoms with van der Waals surface area (Å²) in [5.74, 6) is 0.755. The average Bonchev–Trinajstić information content (AvgIpc) is 3.22. The molecule has 0 aliphatic rings. The molecule has 0 bridgehead atoms. The van der Waals surface area contributed by atoms with Gasteiger partial charge in [-0.2, -0.15) is 0 Å². The molecule has 0 radical (unpaired) electrons. The second-order valence-corrected chi connectivity index (χ2v) is 19.5. The molecule has 0 aliphatic carbocycles. The van der Waals surface area contributed by atoms with Crippen LogP contribution < -0.4 is 0 Å². The van der Waals surface area contributed by atoms with Crippen molar-refractivity contribution in [1.82, 2.24) is 0 Å². The molecule has 0 N–H and O–H groups in total. The fourth-order valence-electron chi connectivity index (χ4n) is 8.17. The first-order chi connectivity index (χ1) is 29.2. The summed E-state index contributed by atoms with van der Waals surface area (Å²) in [6, 6.07) is 0. The highest BCUT2D eigenvalue weighted by Gasteiger charge is 2.19. The van der Waals surface area contributed by atoms with Crippen molar-refractivity contribution in [2.45, 2.75) is 304 Å². The minimum absolute atomic E-state index is 0.0643. The van der Waals surface area contributed by atoms with Crippen molar-refractivity contribution >= 4 is 17.9 Å². The van der Waals surface area contributed by atoms with Crippen LogP contribution in [0.2, 0.25) is 0 Å². The molecule has 0 aromatic carbocycles. The van der Waals surface area contributed by atoms with Gasteiger partial charge in [-0.15, -0.1) is 0 Å². The maximum absolute atomic E-state index is 12.8. The Balaban J connectivity index is 4.24. The number of hydrogen-bond donors (Lipinski definition) is 0. The second-order valence-electron chi connectivity index (χ2n) is 19.5. The van der Waals surface area contributed by atoms with Crippen LogP contribution >= 0.6 is 0 Å². The van der Waals surface area contributed by atoms with Gasteiger partial charge >= 0.3 is 17.9 Å². The lowest BCUT2D eigenvalue weighted by Gasteiger charge is -2.18. The Bertz CT molecular complexity index is 916. The van der Waals surface area contributed by atoms with E-state index >= 15 is 0 Å². The van der Waals surface area contributed by atoms with E-state index in [1.54, 1.807) is 0 Å². The minimum Gasteiger partial charge on any atom is -0.462 e. The third-order valence-electron chi connectivity index (χ3n) is 12.2. The molecule has 0 aliphatic heterocycles. The fourth-order valence-corrected chi connectivity index (χ4v) is 8.17. The Morgan fingerprint density at radius 3 is 0.817 bits per heavy atom. The molecule has 0 spiro atoms. The number of ether oxygens (including phenoxy) is 3. The van der Waals surface area contributed by atoms with Crippen LogP contribution in [0.15, 0.2) is 0 Å². The van der Waals surface area contributed by atoms with E-state index in [9.17, 15) is 14.4 Å². The molecule has 0 unspecified atom stereocenters. The van der Waals surface area contributed by atoms with Gasteiger partial charge in [-0.3, -0.25) is 14.4 Å². The van der Waals surface area contributed by atoms with Gasteiger partial charge in [0.2, 0.25) is 0 Å². The van der Waals surface area contributed by atoms with Crippen LogP contribution in [0.5, 0.6) is 0 Å². The first-order valence-electron chi connectivity index (χ1n) is 26.7. The molecule has 356 valence electrons. The molecule has 6 heteroatoms. The van der Waals surface area contributed by atoms with Gasteiger partial charge in [0.05, 0.1) is 0 Å². The van der Waals surface area contributed by atoms with Crippen LogP contribution in [-0.4, -0.2) is 37.2 Å². The Morgan fingerprint density at radius 2 is 0.550 bits per heavy atom. The van der Waals surface area contributed by atoms with E-state index in [1.807, 2.05) is 0 Å². The molecule has 6 nitrogen and oxygen atoms in total. The molecule has 1 atom stereocenters. The van der Waals surface area contributed by atoms with Crippen molar-refractivity contribution in [3.05, 3.63) is 0 Å². The van der Waals surface area contributed by atoms with E-state index in [-0.39, 0.29) is 31.1 Å². The van der Waals surface area contributed by atoms with Gasteiger partial charge in [0, 0.05) is 19.3 Å². The third-order valence-corrected chi connectivity index (χ3v) is 12.2. The number of carbonyl (C=O) groups excluding carboxylic acids is 3. The maximum atomic E-state index is 12.8. The fraction of sp³-hybridized carbons (Fsp3) is 0.944. The molecular weight excluding hydrogens is 745 g/mol. The van der Waals surface area contributed by atoms with Gasteiger partial charge in [-0.1, -0.05) is 259 Å². The van der Waals surface area contributed by atoms with Crippen LogP contribution in [0.4, 0.5) is 0 Å². The first-order valence-corrected chi connectivity index (χ1v) is 26.7. The number of rotatable bonds is 48. The zero-order valence-corrected chi connectivity index (χ0v) is 41.1. The molecule has 0 heterocycles. The topological polar surface area (TPSA) is 78.9 Å². The maximum Gasteiger partial charge on any atom is 0.306 e. The summed E-state index contributed by atoms with van der Waals surface area (Å²) in [6.45, 7) is 11.3. The molecule has 0 saturated carbocycles. The van der Waals surface area contributed by atoms with E-state index in [0.29, 0.717) is 19.3 Å². The van der Waals surface area contributed by atoms with Gasteiger partial charge in [-0.05, 0) is 31.1 Å². The summed E-state index contributed by atoms with van der Waals surface area (Å²) in [7, 11) is 0. The van der Waals surface area contributed by atoms with E-state index in [1.165, 1.54) is 186 Å². The SMILES string of the molecule is CCCCCCCCCCCCCCCCCCCCC(=O)OC[C@H](COC(=O)CCCCCCCCCCCCCC(C)C)OC(=O)CCCCCCCCCC(C)C. The quantitative estimate of drug-likeness (QED) is 0.0345. The van der Waals surface area contributed by atoms with Gasteiger partial charge in [-0.25, -0.2) is 0 Å². The Labute approximate surface area is 374 Å². The molecule has 60 heavy (non-hydrogen) atoms. The normalized spacial score (nSPS) is 12.1. The zero-order chi connectivity index (χ0) is 44.0. The number of esters is 3. The summed E-state index contributed by atoms with van der Waals surface area (Å²) >= 11 is 0. The van der Waals surface area contributed by atoms with Gasteiger partial charge < -0.3 is 14.2 Å². The smallest absolute Gasteiger partial charge is 0.306 e. The van der Waals surface area contributed by atoms with Gasteiger partial charge in [0.15, 0.2) is 6.10 Å². The summed E-state index contributed by atoms with van der Waals surface area (Å²) in [6.07, 6.45) is 48.2. The van der Waals surface area contributed by atoms with Gasteiger partial charge in [0.25, 0.3) is 0 Å². The molecule has 0 aromatic rings. The zero-order valence-electron chi connectivity index (χ0n) is 41.1. The van der Waals surface area contributed by atoms with Crippen molar-refractivity contribution in [3.8, 4) is 0 Å². The van der Waals surface area contributed by atoms with Crippen molar-refractivity contribution in [3.63, 3.8) is 0 Å². The highest BCUT2D eigenvalue weighted by Crippen LogP contribution is 2.17. The monoisotopic (exact) mass is 849 g/mol. The predicted octanol–water partition coefficient (Wildman–Crippen LogP) is 17.3.